The maximum atomic E-state index is 8.47. The zero-order valence-electron chi connectivity index (χ0n) is 28.1. The normalized spacial score (nSPS) is 26.2. The Bertz CT molecular complexity index is 1530. The highest BCUT2D eigenvalue weighted by molar-refractivity contribution is 5.63. The van der Waals surface area contributed by atoms with Crippen LogP contribution in [0.25, 0.3) is 11.3 Å². The van der Waals surface area contributed by atoms with E-state index in [0.29, 0.717) is 16.9 Å². The van der Waals surface area contributed by atoms with Crippen LogP contribution in [-0.4, -0.2) is 54.2 Å². The summed E-state index contributed by atoms with van der Waals surface area (Å²) in [5.74, 6) is 0.172. The quantitative estimate of drug-likeness (QED) is 0.528. The van der Waals surface area contributed by atoms with Crippen molar-refractivity contribution < 1.29 is 26.5 Å². The summed E-state index contributed by atoms with van der Waals surface area (Å²) in [5.41, 5.74) is 1.43. The molecule has 1 N–H and O–H groups in total. The summed E-state index contributed by atoms with van der Waals surface area (Å²) in [7, 11) is 0. The van der Waals surface area contributed by atoms with Crippen molar-refractivity contribution in [2.75, 3.05) is 44.6 Å². The van der Waals surface area contributed by atoms with Crippen LogP contribution >= 0.6 is 0 Å². The molecule has 182 valence electrons. The molecular formula is C28H32N4O3. The fraction of sp³-hybridized carbons (Fsp3) is 0.357. The van der Waals surface area contributed by atoms with Crippen LogP contribution in [0.2, 0.25) is 0 Å². The molecule has 0 atom stereocenters. The van der Waals surface area contributed by atoms with Crippen LogP contribution < -0.4 is 10.1 Å². The van der Waals surface area contributed by atoms with E-state index in [4.69, 9.17) is 26.5 Å². The van der Waals surface area contributed by atoms with E-state index >= 15 is 0 Å². The van der Waals surface area contributed by atoms with Gasteiger partial charge < -0.3 is 19.5 Å². The van der Waals surface area contributed by atoms with E-state index in [-0.39, 0.29) is 35.5 Å². The first kappa shape index (κ1) is 15.0. The second-order valence-electron chi connectivity index (χ2n) is 8.03. The van der Waals surface area contributed by atoms with Gasteiger partial charge in [-0.25, -0.2) is 9.97 Å². The molecule has 0 aliphatic carbocycles. The van der Waals surface area contributed by atoms with Crippen LogP contribution in [0.4, 0.5) is 11.6 Å². The fourth-order valence-electron chi connectivity index (χ4n) is 3.77. The van der Waals surface area contributed by atoms with Crippen LogP contribution in [-0.2, 0) is 22.6 Å². The van der Waals surface area contributed by atoms with Crippen molar-refractivity contribution >= 4 is 11.6 Å². The van der Waals surface area contributed by atoms with Crippen LogP contribution in [0.15, 0.2) is 66.9 Å². The molecule has 2 aliphatic rings. The number of hydrogen-bond acceptors (Lipinski definition) is 7. The van der Waals surface area contributed by atoms with Gasteiger partial charge in [-0.1, -0.05) is 30.4 Å². The summed E-state index contributed by atoms with van der Waals surface area (Å²) in [6.07, 6.45) is 3.39. The molecule has 0 amide bonds. The predicted octanol–water partition coefficient (Wildman–Crippen LogP) is 4.96. The Balaban J connectivity index is 1.55. The lowest BCUT2D eigenvalue weighted by atomic mass is 10.1. The summed E-state index contributed by atoms with van der Waals surface area (Å²) < 4.78 is 91.3. The molecule has 3 aromatic rings. The largest absolute Gasteiger partial charge is 0.492 e. The van der Waals surface area contributed by atoms with Gasteiger partial charge in [0.2, 0.25) is 5.95 Å². The third kappa shape index (κ3) is 6.66. The molecule has 2 aliphatic heterocycles. The molecule has 1 saturated heterocycles. The number of rotatable bonds is 4. The lowest BCUT2D eigenvalue weighted by Crippen LogP contribution is -2.25. The van der Waals surface area contributed by atoms with Crippen molar-refractivity contribution in [2.24, 2.45) is 0 Å². The van der Waals surface area contributed by atoms with E-state index in [9.17, 15) is 0 Å². The van der Waals surface area contributed by atoms with Crippen molar-refractivity contribution in [1.82, 2.24) is 14.9 Å². The summed E-state index contributed by atoms with van der Waals surface area (Å²) >= 11 is 0. The summed E-state index contributed by atoms with van der Waals surface area (Å²) in [4.78, 5) is 10.6. The number of benzene rings is 2. The Morgan fingerprint density at radius 1 is 1.09 bits per heavy atom. The van der Waals surface area contributed by atoms with Gasteiger partial charge in [-0.2, -0.15) is 0 Å². The Kier molecular flexibility index (Phi) is 5.11. The minimum Gasteiger partial charge on any atom is -0.492 e. The molecule has 2 aromatic carbocycles. The molecule has 35 heavy (non-hydrogen) atoms. The van der Waals surface area contributed by atoms with Crippen molar-refractivity contribution in [3.8, 4) is 17.0 Å². The van der Waals surface area contributed by atoms with Gasteiger partial charge in [0.25, 0.3) is 0 Å². The number of nitrogens with one attached hydrogen (secondary N) is 1. The molecule has 5 rings (SSSR count). The van der Waals surface area contributed by atoms with Gasteiger partial charge in [0.05, 0.1) is 44.3 Å². The summed E-state index contributed by atoms with van der Waals surface area (Å²) in [6, 6.07) is 12.2. The van der Waals surface area contributed by atoms with Gasteiger partial charge in [-0.15, -0.1) is 0 Å². The molecule has 6 bridgehead atoms. The lowest BCUT2D eigenvalue weighted by Gasteiger charge is -2.17. The van der Waals surface area contributed by atoms with E-state index < -0.39 is 32.8 Å². The molecule has 7 heteroatoms. The van der Waals surface area contributed by atoms with E-state index in [2.05, 4.69) is 15.3 Å². The molecule has 3 heterocycles. The lowest BCUT2D eigenvalue weighted by molar-refractivity contribution is 0.138. The van der Waals surface area contributed by atoms with Gasteiger partial charge in [0.15, 0.2) is 0 Å². The second-order valence-corrected chi connectivity index (χ2v) is 8.03. The minimum absolute atomic E-state index is 0.0165. The van der Waals surface area contributed by atoms with Gasteiger partial charge in [0, 0.05) is 29.5 Å². The first-order chi connectivity index (χ1) is 20.6. The molecule has 0 unspecified atom stereocenters. The summed E-state index contributed by atoms with van der Waals surface area (Å²) in [5, 5.41) is 3.02. The van der Waals surface area contributed by atoms with E-state index in [1.54, 1.807) is 24.3 Å². The number of aromatic nitrogens is 2. The maximum Gasteiger partial charge on any atom is 0.227 e. The predicted molar refractivity (Wildman–Crippen MR) is 137 cm³/mol. The molecule has 0 radical (unpaired) electrons. The highest BCUT2D eigenvalue weighted by Crippen LogP contribution is 2.26. The van der Waals surface area contributed by atoms with Crippen molar-refractivity contribution in [2.45, 2.75) is 26.0 Å². The third-order valence-corrected chi connectivity index (χ3v) is 5.50. The van der Waals surface area contributed by atoms with Gasteiger partial charge >= 0.3 is 0 Å². The van der Waals surface area contributed by atoms with Crippen LogP contribution in [0, 0.1) is 0 Å². The average Bonchev–Trinajstić information content (AvgIpc) is 3.43. The standard InChI is InChI=1S/C28H32N4O3/c1-2-13-32(12-1)14-17-35-27-9-8-25-19-24(27)21-34-16-4-3-15-33-20-22-6-5-7-23(18-22)26-10-11-29-28(30-25)31-26/h3-11,18-19H,1-2,12-17,20-21H2,(H,29,30,31)/b4-3+/i11D,15D2,16D2,17D2,20D2. The number of hydrogen-bond donors (Lipinski definition) is 1. The van der Waals surface area contributed by atoms with Crippen molar-refractivity contribution in [1.29, 1.82) is 0 Å². The number of fused-ring (bicyclic) bond motifs is 7. The Morgan fingerprint density at radius 2 is 1.97 bits per heavy atom. The summed E-state index contributed by atoms with van der Waals surface area (Å²) in [6.45, 7) is -8.75. The number of ether oxygens (including phenoxy) is 3. The fourth-order valence-corrected chi connectivity index (χ4v) is 3.77. The first-order valence-electron chi connectivity index (χ1n) is 15.9. The zero-order valence-corrected chi connectivity index (χ0v) is 19.1. The molecule has 0 saturated carbocycles. The Morgan fingerprint density at radius 3 is 2.89 bits per heavy atom. The first-order valence-corrected chi connectivity index (χ1v) is 11.4. The molecule has 0 spiro atoms. The Hall–Kier alpha value is -3.26. The van der Waals surface area contributed by atoms with Crippen molar-refractivity contribution in [3.05, 3.63) is 78.0 Å². The topological polar surface area (TPSA) is 68.7 Å². The van der Waals surface area contributed by atoms with E-state index in [0.717, 1.165) is 38.1 Å². The average molecular weight is 482 g/mol. The van der Waals surface area contributed by atoms with E-state index in [1.807, 2.05) is 4.90 Å². The minimum atomic E-state index is -2.73. The molecule has 1 fully saturated rings. The monoisotopic (exact) mass is 481 g/mol. The van der Waals surface area contributed by atoms with Gasteiger partial charge in [-0.05, 0) is 61.8 Å². The number of likely N-dealkylation sites (tertiary alicyclic amines) is 1. The number of nitrogens with zero attached hydrogens (tertiary/aromatic N) is 3. The van der Waals surface area contributed by atoms with Gasteiger partial charge in [0.1, 0.15) is 12.3 Å². The SMILES string of the molecule is [2H]c1cc2nc(n1)Nc1ccc(OC([2H])([2H])CN3CCCC3)c(c1)COC([2H])([2H])/C=C/C([2H])([2H])OC([2H])([2H])c1cccc-2c1. The highest BCUT2D eigenvalue weighted by atomic mass is 16.5. The smallest absolute Gasteiger partial charge is 0.227 e. The van der Waals surface area contributed by atoms with Gasteiger partial charge in [-0.3, -0.25) is 4.90 Å². The molecular weight excluding hydrogens is 440 g/mol. The van der Waals surface area contributed by atoms with Crippen molar-refractivity contribution in [3.63, 3.8) is 0 Å². The molecule has 1 aromatic heterocycles. The Labute approximate surface area is 219 Å². The highest BCUT2D eigenvalue weighted by Gasteiger charge is 2.13. The third-order valence-electron chi connectivity index (χ3n) is 5.50. The maximum absolute atomic E-state index is 8.47. The second kappa shape index (κ2) is 11.9. The van der Waals surface area contributed by atoms with Crippen LogP contribution in [0.5, 0.6) is 5.75 Å². The van der Waals surface area contributed by atoms with Crippen LogP contribution in [0.1, 0.15) is 36.3 Å². The zero-order chi connectivity index (χ0) is 31.8. The van der Waals surface area contributed by atoms with E-state index in [1.165, 1.54) is 24.3 Å². The number of anilines is 2. The van der Waals surface area contributed by atoms with Crippen LogP contribution in [0.3, 0.4) is 0 Å². The molecule has 7 nitrogen and oxygen atoms in total.